The van der Waals surface area contributed by atoms with Crippen LogP contribution < -0.4 is 0 Å². The van der Waals surface area contributed by atoms with E-state index in [1.54, 1.807) is 6.92 Å². The summed E-state index contributed by atoms with van der Waals surface area (Å²) in [6, 6.07) is 23.4. The third kappa shape index (κ3) is 10.2. The fraction of sp³-hybridized carbons (Fsp3) is 0.280. The number of hydrogen-bond acceptors (Lipinski definition) is 3. The molecule has 1 heterocycles. The smallest absolute Gasteiger partial charge is 0.158 e. The van der Waals surface area contributed by atoms with Crippen LogP contribution >= 0.6 is 0 Å². The van der Waals surface area contributed by atoms with Crippen molar-refractivity contribution in [1.29, 1.82) is 0 Å². The molecule has 2 aromatic carbocycles. The number of ketones is 1. The Kier molecular flexibility index (Phi) is 16.6. The summed E-state index contributed by atoms with van der Waals surface area (Å²) in [5, 5.41) is 9.82. The van der Waals surface area contributed by atoms with Crippen molar-refractivity contribution in [2.75, 3.05) is 0 Å². The Hall–Kier alpha value is -2.29. The normalized spacial score (nSPS) is 9.76. The van der Waals surface area contributed by atoms with Crippen LogP contribution in [0.5, 0.6) is 0 Å². The van der Waals surface area contributed by atoms with Crippen molar-refractivity contribution in [2.45, 2.75) is 48.5 Å². The zero-order valence-electron chi connectivity index (χ0n) is 18.4. The van der Waals surface area contributed by atoms with Crippen molar-refractivity contribution < 1.29 is 30.0 Å². The molecule has 3 rings (SSSR count). The van der Waals surface area contributed by atoms with E-state index in [1.165, 1.54) is 19.2 Å². The zero-order valence-corrected chi connectivity index (χ0v) is 20.8. The average molecular weight is 571 g/mol. The number of carbonyl (C=O) groups is 1. The van der Waals surface area contributed by atoms with E-state index in [0.717, 1.165) is 16.8 Å². The first-order valence-electron chi connectivity index (χ1n) is 9.69. The van der Waals surface area contributed by atoms with Gasteiger partial charge in [0.1, 0.15) is 0 Å². The van der Waals surface area contributed by atoms with Crippen molar-refractivity contribution in [1.82, 2.24) is 4.98 Å². The van der Waals surface area contributed by atoms with Gasteiger partial charge in [-0.2, -0.15) is 0 Å². The van der Waals surface area contributed by atoms with Gasteiger partial charge >= 0.3 is 0 Å². The van der Waals surface area contributed by atoms with Crippen LogP contribution in [0.4, 0.5) is 0 Å². The standard InChI is InChI=1S/C15H10N.C6H10O2.2C2H6.Ir/c1-2-6-12(7-3-1)15-11-10-13-8-4-5-9-14(13)16-15;1-4(5(2)7)6(3)8;2*1-2;/h1-6,8-11H;7H,1-3H3;2*1-2H3;/q-1;;;;/b;5-4-;;;. The van der Waals surface area contributed by atoms with Crippen LogP contribution in [0, 0.1) is 6.07 Å². The Morgan fingerprint density at radius 3 is 1.93 bits per heavy atom. The molecule has 0 aliphatic heterocycles. The van der Waals surface area contributed by atoms with E-state index in [4.69, 9.17) is 5.11 Å². The number of pyridine rings is 1. The molecule has 4 heteroatoms. The van der Waals surface area contributed by atoms with Crippen LogP contribution in [0.3, 0.4) is 0 Å². The van der Waals surface area contributed by atoms with Crippen molar-refractivity contribution in [2.24, 2.45) is 0 Å². The zero-order chi connectivity index (χ0) is 21.5. The topological polar surface area (TPSA) is 50.2 Å². The number of aliphatic hydroxyl groups is 1. The molecule has 3 aromatic rings. The first-order chi connectivity index (χ1) is 13.5. The second-order valence-corrected chi connectivity index (χ2v) is 5.43. The predicted molar refractivity (Wildman–Crippen MR) is 120 cm³/mol. The number of aliphatic hydroxyl groups excluding tert-OH is 1. The largest absolute Gasteiger partial charge is 0.512 e. The molecule has 0 amide bonds. The minimum Gasteiger partial charge on any atom is -0.512 e. The van der Waals surface area contributed by atoms with Gasteiger partial charge in [0.25, 0.3) is 0 Å². The Bertz CT molecular complexity index is 870. The SMILES string of the molecule is CC.CC.CC(=O)/C(C)=C(/C)O.[Ir].[c-]1ccccc1-c1ccc2ccccc2n1. The van der Waals surface area contributed by atoms with Gasteiger partial charge in [-0.1, -0.05) is 58.0 Å². The monoisotopic (exact) mass is 571 g/mol. The van der Waals surface area contributed by atoms with Gasteiger partial charge in [0.2, 0.25) is 0 Å². The summed E-state index contributed by atoms with van der Waals surface area (Å²) in [6.07, 6.45) is 0. The Morgan fingerprint density at radius 2 is 1.45 bits per heavy atom. The van der Waals surface area contributed by atoms with Gasteiger partial charge in [0, 0.05) is 25.7 Å². The molecule has 0 spiro atoms. The molecular weight excluding hydrogens is 538 g/mol. The molecule has 29 heavy (non-hydrogen) atoms. The van der Waals surface area contributed by atoms with Gasteiger partial charge in [-0.15, -0.1) is 35.9 Å². The first kappa shape index (κ1) is 28.9. The first-order valence-corrected chi connectivity index (χ1v) is 9.69. The van der Waals surface area contributed by atoms with E-state index < -0.39 is 0 Å². The van der Waals surface area contributed by atoms with Crippen LogP contribution in [0.15, 0.2) is 72.0 Å². The summed E-state index contributed by atoms with van der Waals surface area (Å²) in [6.45, 7) is 12.5. The van der Waals surface area contributed by atoms with E-state index >= 15 is 0 Å². The fourth-order valence-corrected chi connectivity index (χ4v) is 2.02. The number of rotatable bonds is 2. The van der Waals surface area contributed by atoms with Gasteiger partial charge in [0.05, 0.1) is 11.3 Å². The number of Topliss-reactive ketones (excluding diaryl/α,β-unsaturated/α-hetero) is 1. The van der Waals surface area contributed by atoms with Gasteiger partial charge in [-0.25, -0.2) is 0 Å². The fourth-order valence-electron chi connectivity index (χ4n) is 2.02. The Labute approximate surface area is 189 Å². The van der Waals surface area contributed by atoms with Gasteiger partial charge in [0.15, 0.2) is 5.78 Å². The summed E-state index contributed by atoms with van der Waals surface area (Å²) < 4.78 is 0. The maximum atomic E-state index is 10.4. The second-order valence-electron chi connectivity index (χ2n) is 5.43. The van der Waals surface area contributed by atoms with E-state index in [2.05, 4.69) is 23.2 Å². The molecule has 0 saturated carbocycles. The van der Waals surface area contributed by atoms with Gasteiger partial charge < -0.3 is 5.11 Å². The quantitative estimate of drug-likeness (QED) is 0.202. The summed E-state index contributed by atoms with van der Waals surface area (Å²) >= 11 is 0. The number of fused-ring (bicyclic) bond motifs is 1. The molecule has 3 nitrogen and oxygen atoms in total. The van der Waals surface area contributed by atoms with E-state index in [1.807, 2.05) is 76.2 Å². The molecule has 0 aliphatic rings. The minimum absolute atomic E-state index is 0. The Morgan fingerprint density at radius 1 is 0.862 bits per heavy atom. The summed E-state index contributed by atoms with van der Waals surface area (Å²) in [7, 11) is 0. The van der Waals surface area contributed by atoms with Gasteiger partial charge in [-0.05, 0) is 37.9 Å². The number of para-hydroxylation sites is 1. The second kappa shape index (κ2) is 16.6. The van der Waals surface area contributed by atoms with E-state index in [0.29, 0.717) is 5.57 Å². The van der Waals surface area contributed by atoms with Crippen molar-refractivity contribution in [3.8, 4) is 11.3 Å². The number of nitrogens with zero attached hydrogens (tertiary/aromatic N) is 1. The van der Waals surface area contributed by atoms with Crippen molar-refractivity contribution in [3.63, 3.8) is 0 Å². The van der Waals surface area contributed by atoms with E-state index in [-0.39, 0.29) is 31.6 Å². The van der Waals surface area contributed by atoms with Crippen LogP contribution in [0.1, 0.15) is 48.5 Å². The molecule has 0 unspecified atom stereocenters. The third-order valence-corrected chi connectivity index (χ3v) is 3.65. The molecule has 1 N–H and O–H groups in total. The van der Waals surface area contributed by atoms with Crippen LogP contribution in [-0.4, -0.2) is 15.9 Å². The average Bonchev–Trinajstić information content (AvgIpc) is 2.76. The van der Waals surface area contributed by atoms with Crippen molar-refractivity contribution >= 4 is 16.7 Å². The number of aromatic nitrogens is 1. The predicted octanol–water partition coefficient (Wildman–Crippen LogP) is 7.18. The van der Waals surface area contributed by atoms with Crippen LogP contribution in [0.2, 0.25) is 0 Å². The summed E-state index contributed by atoms with van der Waals surface area (Å²) in [5.74, 6) is 0.0301. The molecular formula is C25H32IrNO2-. The summed E-state index contributed by atoms with van der Waals surface area (Å²) in [5.41, 5.74) is 3.47. The van der Waals surface area contributed by atoms with E-state index in [9.17, 15) is 4.79 Å². The maximum absolute atomic E-state index is 10.4. The third-order valence-electron chi connectivity index (χ3n) is 3.65. The van der Waals surface area contributed by atoms with Crippen LogP contribution in [0.25, 0.3) is 22.2 Å². The molecule has 1 radical (unpaired) electrons. The molecule has 0 fully saturated rings. The van der Waals surface area contributed by atoms with Crippen molar-refractivity contribution in [3.05, 3.63) is 78.1 Å². The minimum atomic E-state index is -0.0787. The number of allylic oxidation sites excluding steroid dienone is 2. The molecule has 0 atom stereocenters. The number of hydrogen-bond donors (Lipinski definition) is 1. The van der Waals surface area contributed by atoms with Crippen LogP contribution in [-0.2, 0) is 24.9 Å². The Balaban J connectivity index is 0. The van der Waals surface area contributed by atoms with Gasteiger partial charge in [-0.3, -0.25) is 9.78 Å². The number of benzene rings is 2. The molecule has 0 aliphatic carbocycles. The molecule has 0 saturated heterocycles. The molecule has 0 bridgehead atoms. The number of carbonyl (C=O) groups excluding carboxylic acids is 1. The summed E-state index contributed by atoms with van der Waals surface area (Å²) in [4.78, 5) is 15.0. The molecule has 1 aromatic heterocycles. The maximum Gasteiger partial charge on any atom is 0.158 e. The molecule has 159 valence electrons.